The highest BCUT2D eigenvalue weighted by atomic mass is 16.3. The zero-order valence-corrected chi connectivity index (χ0v) is 12.2. The van der Waals surface area contributed by atoms with Crippen LogP contribution in [-0.4, -0.2) is 14.7 Å². The van der Waals surface area contributed by atoms with Crippen molar-refractivity contribution in [2.75, 3.05) is 0 Å². The third kappa shape index (κ3) is 1.83. The smallest absolute Gasteiger partial charge is 0.331 e. The molecular weight excluding hydrogens is 244 g/mol. The van der Waals surface area contributed by atoms with Crippen molar-refractivity contribution in [2.24, 2.45) is 16.7 Å². The topological polar surface area (TPSA) is 75.1 Å². The fourth-order valence-corrected chi connectivity index (χ4v) is 3.06. The quantitative estimate of drug-likeness (QED) is 0.870. The van der Waals surface area contributed by atoms with E-state index in [4.69, 9.17) is 0 Å². The highest BCUT2D eigenvalue weighted by Gasteiger charge is 2.64. The molecule has 1 aromatic heterocycles. The van der Waals surface area contributed by atoms with E-state index in [-0.39, 0.29) is 22.3 Å². The average molecular weight is 266 g/mol. The Morgan fingerprint density at radius 2 is 1.74 bits per heavy atom. The Kier molecular flexibility index (Phi) is 2.92. The number of H-pyrrole nitrogens is 1. The first-order valence-electron chi connectivity index (χ1n) is 6.69. The van der Waals surface area contributed by atoms with E-state index in [9.17, 15) is 14.7 Å². The molecule has 0 unspecified atom stereocenters. The summed E-state index contributed by atoms with van der Waals surface area (Å²) in [5.74, 6) is 0.119. The van der Waals surface area contributed by atoms with E-state index in [0.29, 0.717) is 18.9 Å². The summed E-state index contributed by atoms with van der Waals surface area (Å²) in [5.41, 5.74) is -0.493. The molecule has 0 saturated heterocycles. The molecule has 1 saturated carbocycles. The van der Waals surface area contributed by atoms with Crippen LogP contribution in [0.3, 0.4) is 0 Å². The number of aromatic amines is 1. The molecule has 1 aromatic rings. The van der Waals surface area contributed by atoms with Crippen molar-refractivity contribution in [3.8, 4) is 5.88 Å². The lowest BCUT2D eigenvalue weighted by Gasteiger charge is -2.11. The number of nitrogens with one attached hydrogen (secondary N) is 1. The molecule has 5 nitrogen and oxygen atoms in total. The molecule has 0 bridgehead atoms. The second kappa shape index (κ2) is 3.99. The molecule has 1 aliphatic rings. The number of aromatic nitrogens is 2. The lowest BCUT2D eigenvalue weighted by atomic mass is 10.0. The average Bonchev–Trinajstić information content (AvgIpc) is 2.65. The Balaban J connectivity index is 2.44. The Hall–Kier alpha value is -1.52. The fourth-order valence-electron chi connectivity index (χ4n) is 3.06. The predicted molar refractivity (Wildman–Crippen MR) is 73.4 cm³/mol. The molecule has 106 valence electrons. The molecule has 19 heavy (non-hydrogen) atoms. The van der Waals surface area contributed by atoms with Gasteiger partial charge in [-0.1, -0.05) is 34.6 Å². The molecule has 1 aliphatic carbocycles. The zero-order chi connectivity index (χ0) is 14.6. The van der Waals surface area contributed by atoms with Gasteiger partial charge < -0.3 is 5.11 Å². The van der Waals surface area contributed by atoms with Crippen LogP contribution >= 0.6 is 0 Å². The molecular formula is C14H22N2O3. The number of hydrogen-bond donors (Lipinski definition) is 2. The molecule has 0 radical (unpaired) electrons. The van der Waals surface area contributed by atoms with Crippen LogP contribution in [0.5, 0.6) is 5.88 Å². The van der Waals surface area contributed by atoms with Crippen LogP contribution in [0.25, 0.3) is 0 Å². The lowest BCUT2D eigenvalue weighted by Crippen LogP contribution is -2.33. The van der Waals surface area contributed by atoms with Gasteiger partial charge in [-0.2, -0.15) is 0 Å². The summed E-state index contributed by atoms with van der Waals surface area (Å²) < 4.78 is 1.29. The molecule has 1 heterocycles. The van der Waals surface area contributed by atoms with Crippen LogP contribution in [0.2, 0.25) is 0 Å². The number of hydrogen-bond acceptors (Lipinski definition) is 3. The third-order valence-electron chi connectivity index (χ3n) is 5.30. The molecule has 0 atom stereocenters. The molecule has 0 spiro atoms. The summed E-state index contributed by atoms with van der Waals surface area (Å²) in [4.78, 5) is 25.7. The van der Waals surface area contributed by atoms with Crippen molar-refractivity contribution in [1.29, 1.82) is 0 Å². The largest absolute Gasteiger partial charge is 0.494 e. The van der Waals surface area contributed by atoms with Crippen LogP contribution in [0, 0.1) is 16.7 Å². The molecule has 5 heteroatoms. The zero-order valence-electron chi connectivity index (χ0n) is 12.2. The highest BCUT2D eigenvalue weighted by Crippen LogP contribution is 2.68. The van der Waals surface area contributed by atoms with Gasteiger partial charge in [0.2, 0.25) is 5.88 Å². The lowest BCUT2D eigenvalue weighted by molar-refractivity contribution is 0.370. The summed E-state index contributed by atoms with van der Waals surface area (Å²) in [5, 5.41) is 10.1. The second-order valence-corrected chi connectivity index (χ2v) is 6.52. The normalized spacial score (nSPS) is 20.5. The van der Waals surface area contributed by atoms with E-state index < -0.39 is 11.2 Å². The van der Waals surface area contributed by atoms with Gasteiger partial charge in [-0.3, -0.25) is 14.3 Å². The van der Waals surface area contributed by atoms with Crippen molar-refractivity contribution in [1.82, 2.24) is 9.55 Å². The van der Waals surface area contributed by atoms with Crippen molar-refractivity contribution >= 4 is 0 Å². The van der Waals surface area contributed by atoms with Crippen molar-refractivity contribution < 1.29 is 5.11 Å². The van der Waals surface area contributed by atoms with Crippen LogP contribution in [-0.2, 0) is 13.0 Å². The second-order valence-electron chi connectivity index (χ2n) is 6.52. The first-order valence-corrected chi connectivity index (χ1v) is 6.69. The Labute approximate surface area is 112 Å². The van der Waals surface area contributed by atoms with E-state index >= 15 is 0 Å². The minimum Gasteiger partial charge on any atom is -0.494 e. The van der Waals surface area contributed by atoms with Gasteiger partial charge in [0, 0.05) is 6.54 Å². The van der Waals surface area contributed by atoms with Gasteiger partial charge in [-0.05, 0) is 23.2 Å². The molecule has 2 N–H and O–H groups in total. The Morgan fingerprint density at radius 1 is 1.21 bits per heavy atom. The van der Waals surface area contributed by atoms with Gasteiger partial charge in [0.1, 0.15) is 0 Å². The molecule has 0 aromatic carbocycles. The first-order chi connectivity index (χ1) is 8.64. The van der Waals surface area contributed by atoms with Gasteiger partial charge in [0.25, 0.3) is 5.56 Å². The monoisotopic (exact) mass is 266 g/mol. The van der Waals surface area contributed by atoms with E-state index in [1.54, 1.807) is 6.92 Å². The molecule has 0 amide bonds. The summed E-state index contributed by atoms with van der Waals surface area (Å²) >= 11 is 0. The Morgan fingerprint density at radius 3 is 2.16 bits per heavy atom. The summed E-state index contributed by atoms with van der Waals surface area (Å²) in [6, 6.07) is 0. The van der Waals surface area contributed by atoms with Gasteiger partial charge >= 0.3 is 5.69 Å². The maximum absolute atomic E-state index is 11.9. The first kappa shape index (κ1) is 13.9. The van der Waals surface area contributed by atoms with Gasteiger partial charge in [-0.25, -0.2) is 4.79 Å². The van der Waals surface area contributed by atoms with Gasteiger partial charge in [0.05, 0.1) is 5.56 Å². The Bertz CT molecular complexity index is 609. The van der Waals surface area contributed by atoms with Crippen molar-refractivity contribution in [3.05, 3.63) is 26.4 Å². The predicted octanol–water partition coefficient (Wildman–Crippen LogP) is 1.49. The molecule has 0 aliphatic heterocycles. The van der Waals surface area contributed by atoms with Crippen LogP contribution in [0.15, 0.2) is 9.59 Å². The number of aromatic hydroxyl groups is 1. The van der Waals surface area contributed by atoms with E-state index in [0.717, 1.165) is 0 Å². The number of nitrogens with zero attached hydrogens (tertiary/aromatic N) is 1. The maximum atomic E-state index is 11.9. The molecule has 2 rings (SSSR count). The third-order valence-corrected chi connectivity index (χ3v) is 5.30. The van der Waals surface area contributed by atoms with Crippen molar-refractivity contribution in [3.63, 3.8) is 0 Å². The standard InChI is InChI=1S/C14H22N2O3/c1-6-8-10(17)15-12(19)16(11(8)18)7-9-13(2,3)14(9,4)5/h9,18H,6-7H2,1-5H3,(H,15,17,19). The highest BCUT2D eigenvalue weighted by molar-refractivity contribution is 5.23. The minimum absolute atomic E-state index is 0.126. The summed E-state index contributed by atoms with van der Waals surface area (Å²) in [6.07, 6.45) is 0.402. The fraction of sp³-hybridized carbons (Fsp3) is 0.714. The summed E-state index contributed by atoms with van der Waals surface area (Å²) in [7, 11) is 0. The number of rotatable bonds is 3. The van der Waals surface area contributed by atoms with Crippen LogP contribution in [0.4, 0.5) is 0 Å². The van der Waals surface area contributed by atoms with Crippen LogP contribution < -0.4 is 11.2 Å². The van der Waals surface area contributed by atoms with Crippen LogP contribution in [0.1, 0.15) is 40.2 Å². The van der Waals surface area contributed by atoms with E-state index in [1.165, 1.54) is 4.57 Å². The van der Waals surface area contributed by atoms with E-state index in [2.05, 4.69) is 32.7 Å². The van der Waals surface area contributed by atoms with E-state index in [1.807, 2.05) is 0 Å². The minimum atomic E-state index is -0.529. The molecule has 1 fully saturated rings. The maximum Gasteiger partial charge on any atom is 0.331 e. The van der Waals surface area contributed by atoms with Gasteiger partial charge in [0.15, 0.2) is 0 Å². The summed E-state index contributed by atoms with van der Waals surface area (Å²) in [6.45, 7) is 10.9. The van der Waals surface area contributed by atoms with Crippen molar-refractivity contribution in [2.45, 2.75) is 47.6 Å². The SMILES string of the molecule is CCc1c(O)n(CC2C(C)(C)C2(C)C)c(=O)[nH]c1=O. The van der Waals surface area contributed by atoms with Gasteiger partial charge in [-0.15, -0.1) is 0 Å².